The third kappa shape index (κ3) is 3.25. The minimum absolute atomic E-state index is 0.0869. The van der Waals surface area contributed by atoms with E-state index in [1.165, 1.54) is 18.3 Å². The van der Waals surface area contributed by atoms with E-state index in [4.69, 9.17) is 4.74 Å². The van der Waals surface area contributed by atoms with E-state index in [1.807, 2.05) is 0 Å². The van der Waals surface area contributed by atoms with Gasteiger partial charge in [-0.2, -0.15) is 0 Å². The van der Waals surface area contributed by atoms with Gasteiger partial charge in [0.05, 0.1) is 6.61 Å². The van der Waals surface area contributed by atoms with Gasteiger partial charge < -0.3 is 14.9 Å². The lowest BCUT2D eigenvalue weighted by atomic mass is 10.1. The van der Waals surface area contributed by atoms with Gasteiger partial charge in [0.2, 0.25) is 5.75 Å². The summed E-state index contributed by atoms with van der Waals surface area (Å²) < 4.78 is 18.6. The largest absolute Gasteiger partial charge is 0.485 e. The molecule has 0 saturated heterocycles. The topological polar surface area (TPSA) is 65.3 Å². The standard InChI is InChI=1S/C13H11FN2O3/c14-11-5-2-1-4-10(11)7-9-19-12-6-3-8-15-13(12)16(17)18/h1-6,8H,7,9H2. The Morgan fingerprint density at radius 1 is 1.26 bits per heavy atom. The molecule has 0 fully saturated rings. The van der Waals surface area contributed by atoms with Crippen LogP contribution in [0.5, 0.6) is 5.75 Å². The molecule has 2 aromatic rings. The Kier molecular flexibility index (Phi) is 4.02. The van der Waals surface area contributed by atoms with Crippen LogP contribution in [-0.4, -0.2) is 16.5 Å². The van der Waals surface area contributed by atoms with Gasteiger partial charge >= 0.3 is 5.82 Å². The number of halogens is 1. The first-order valence-electron chi connectivity index (χ1n) is 5.64. The summed E-state index contributed by atoms with van der Waals surface area (Å²) in [6.07, 6.45) is 1.65. The fraction of sp³-hybridized carbons (Fsp3) is 0.154. The molecule has 1 aromatic carbocycles. The summed E-state index contributed by atoms with van der Waals surface area (Å²) in [6, 6.07) is 9.35. The molecule has 0 aliphatic carbocycles. The molecule has 0 spiro atoms. The van der Waals surface area contributed by atoms with Gasteiger partial charge in [-0.1, -0.05) is 18.2 Å². The summed E-state index contributed by atoms with van der Waals surface area (Å²) in [7, 11) is 0. The van der Waals surface area contributed by atoms with E-state index in [0.29, 0.717) is 12.0 Å². The van der Waals surface area contributed by atoms with Crippen LogP contribution in [0.2, 0.25) is 0 Å². The third-order valence-corrected chi connectivity index (χ3v) is 2.51. The second-order valence-electron chi connectivity index (χ2n) is 3.77. The van der Waals surface area contributed by atoms with Crippen LogP contribution in [-0.2, 0) is 6.42 Å². The maximum absolute atomic E-state index is 13.3. The van der Waals surface area contributed by atoms with Crippen molar-refractivity contribution in [3.63, 3.8) is 0 Å². The summed E-state index contributed by atoms with van der Waals surface area (Å²) >= 11 is 0. The maximum Gasteiger partial charge on any atom is 0.406 e. The zero-order valence-electron chi connectivity index (χ0n) is 9.95. The van der Waals surface area contributed by atoms with Crippen LogP contribution < -0.4 is 4.74 Å². The first-order valence-corrected chi connectivity index (χ1v) is 5.64. The number of hydrogen-bond donors (Lipinski definition) is 0. The van der Waals surface area contributed by atoms with Gasteiger partial charge in [-0.05, 0) is 33.7 Å². The van der Waals surface area contributed by atoms with E-state index in [2.05, 4.69) is 4.98 Å². The molecule has 1 aromatic heterocycles. The van der Waals surface area contributed by atoms with E-state index in [1.54, 1.807) is 24.3 Å². The van der Waals surface area contributed by atoms with Crippen molar-refractivity contribution in [3.8, 4) is 5.75 Å². The molecule has 19 heavy (non-hydrogen) atoms. The van der Waals surface area contributed by atoms with Gasteiger partial charge in [0, 0.05) is 6.42 Å². The van der Waals surface area contributed by atoms with Gasteiger partial charge in [0.1, 0.15) is 12.0 Å². The van der Waals surface area contributed by atoms with Crippen molar-refractivity contribution in [3.05, 3.63) is 64.1 Å². The van der Waals surface area contributed by atoms with Gasteiger partial charge in [-0.15, -0.1) is 0 Å². The van der Waals surface area contributed by atoms with Crippen LogP contribution >= 0.6 is 0 Å². The SMILES string of the molecule is O=[N+]([O-])c1ncccc1OCCc1ccccc1F. The lowest BCUT2D eigenvalue weighted by Crippen LogP contribution is -2.05. The minimum atomic E-state index is -0.613. The average Bonchev–Trinajstić information content (AvgIpc) is 2.41. The Hall–Kier alpha value is -2.50. The molecule has 1 heterocycles. The Balaban J connectivity index is 2.00. The highest BCUT2D eigenvalue weighted by atomic mass is 19.1. The number of aromatic nitrogens is 1. The highest BCUT2D eigenvalue weighted by Crippen LogP contribution is 2.23. The first-order chi connectivity index (χ1) is 9.18. The predicted molar refractivity (Wildman–Crippen MR) is 66.5 cm³/mol. The average molecular weight is 262 g/mol. The highest BCUT2D eigenvalue weighted by molar-refractivity contribution is 5.38. The molecule has 0 N–H and O–H groups in total. The second kappa shape index (κ2) is 5.90. The molecular formula is C13H11FN2O3. The van der Waals surface area contributed by atoms with Crippen molar-refractivity contribution >= 4 is 5.82 Å². The fourth-order valence-electron chi connectivity index (χ4n) is 1.60. The number of ether oxygens (including phenoxy) is 1. The zero-order valence-corrected chi connectivity index (χ0v) is 9.95. The van der Waals surface area contributed by atoms with Crippen LogP contribution in [0.1, 0.15) is 5.56 Å². The number of hydrogen-bond acceptors (Lipinski definition) is 4. The van der Waals surface area contributed by atoms with Crippen molar-refractivity contribution in [2.24, 2.45) is 0 Å². The molecule has 98 valence electrons. The molecule has 0 radical (unpaired) electrons. The lowest BCUT2D eigenvalue weighted by Gasteiger charge is -2.06. The Morgan fingerprint density at radius 2 is 2.05 bits per heavy atom. The molecule has 0 bridgehead atoms. The summed E-state index contributed by atoms with van der Waals surface area (Å²) in [5, 5.41) is 10.7. The van der Waals surface area contributed by atoms with Crippen molar-refractivity contribution in [1.29, 1.82) is 0 Å². The molecule has 0 aliphatic rings. The van der Waals surface area contributed by atoms with E-state index in [9.17, 15) is 14.5 Å². The predicted octanol–water partition coefficient (Wildman–Crippen LogP) is 2.75. The first kappa shape index (κ1) is 12.9. The summed E-state index contributed by atoms with van der Waals surface area (Å²) in [6.45, 7) is 0.146. The fourth-order valence-corrected chi connectivity index (χ4v) is 1.60. The molecule has 0 amide bonds. The van der Waals surface area contributed by atoms with Crippen LogP contribution in [0, 0.1) is 15.9 Å². The second-order valence-corrected chi connectivity index (χ2v) is 3.77. The molecular weight excluding hydrogens is 251 g/mol. The summed E-state index contributed by atoms with van der Waals surface area (Å²) in [5.41, 5.74) is 0.508. The van der Waals surface area contributed by atoms with Gasteiger partial charge in [-0.25, -0.2) is 4.39 Å². The Morgan fingerprint density at radius 3 is 2.79 bits per heavy atom. The van der Waals surface area contributed by atoms with Crippen molar-refractivity contribution in [2.75, 3.05) is 6.61 Å². The highest BCUT2D eigenvalue weighted by Gasteiger charge is 2.15. The van der Waals surface area contributed by atoms with Crippen LogP contribution in [0.15, 0.2) is 42.6 Å². The van der Waals surface area contributed by atoms with Crippen LogP contribution in [0.3, 0.4) is 0 Å². The van der Waals surface area contributed by atoms with Gasteiger partial charge in [0.25, 0.3) is 0 Å². The van der Waals surface area contributed by atoms with Crippen LogP contribution in [0.4, 0.5) is 10.2 Å². The molecule has 2 rings (SSSR count). The molecule has 5 nitrogen and oxygen atoms in total. The maximum atomic E-state index is 13.3. The van der Waals surface area contributed by atoms with Crippen molar-refractivity contribution < 1.29 is 14.1 Å². The summed E-state index contributed by atoms with van der Waals surface area (Å²) in [4.78, 5) is 13.7. The van der Waals surface area contributed by atoms with Gasteiger partial charge in [0.15, 0.2) is 0 Å². The molecule has 0 unspecified atom stereocenters. The number of benzene rings is 1. The van der Waals surface area contributed by atoms with Crippen LogP contribution in [0.25, 0.3) is 0 Å². The Bertz CT molecular complexity index is 590. The molecule has 0 atom stereocenters. The quantitative estimate of drug-likeness (QED) is 0.614. The van der Waals surface area contributed by atoms with Gasteiger partial charge in [-0.3, -0.25) is 0 Å². The Labute approximate surface area is 108 Å². The number of pyridine rings is 1. The third-order valence-electron chi connectivity index (χ3n) is 2.51. The molecule has 0 saturated carbocycles. The lowest BCUT2D eigenvalue weighted by molar-refractivity contribution is -0.390. The van der Waals surface area contributed by atoms with Crippen molar-refractivity contribution in [2.45, 2.75) is 6.42 Å². The molecule has 0 aliphatic heterocycles. The normalized spacial score (nSPS) is 10.2. The summed E-state index contributed by atoms with van der Waals surface area (Å²) in [5.74, 6) is -0.563. The van der Waals surface area contributed by atoms with E-state index in [0.717, 1.165) is 0 Å². The van der Waals surface area contributed by atoms with Crippen molar-refractivity contribution in [1.82, 2.24) is 4.98 Å². The number of nitrogens with zero attached hydrogens (tertiary/aromatic N) is 2. The monoisotopic (exact) mass is 262 g/mol. The number of nitro groups is 1. The van der Waals surface area contributed by atoms with E-state index < -0.39 is 4.92 Å². The smallest absolute Gasteiger partial charge is 0.406 e. The van der Waals surface area contributed by atoms with E-state index in [-0.39, 0.29) is 24.0 Å². The minimum Gasteiger partial charge on any atom is -0.485 e. The molecule has 6 heteroatoms. The van der Waals surface area contributed by atoms with E-state index >= 15 is 0 Å². The number of rotatable bonds is 5. The zero-order chi connectivity index (χ0) is 13.7.